The standard InChI is InChI=1S/C24H29F3N2/c1-2-19-15-18(16-29-14-11-21-5-3-4-6-23(21)29)7-8-22(19)20-9-12-28(13-10-20)17-24(25,26)27/h3-8,15,20H,2,9-14,16-17H2,1H3. The number of aryl methyl sites for hydroxylation is 1. The average molecular weight is 403 g/mol. The molecule has 0 aliphatic carbocycles. The first-order valence-corrected chi connectivity index (χ1v) is 10.7. The molecule has 156 valence electrons. The molecule has 1 saturated heterocycles. The Hall–Kier alpha value is -2.01. The number of benzene rings is 2. The fourth-order valence-electron chi connectivity index (χ4n) is 4.91. The van der Waals surface area contributed by atoms with Crippen molar-refractivity contribution in [1.29, 1.82) is 0 Å². The minimum Gasteiger partial charge on any atom is -0.367 e. The number of para-hydroxylation sites is 1. The second-order valence-corrected chi connectivity index (χ2v) is 8.35. The van der Waals surface area contributed by atoms with Gasteiger partial charge in [-0.05, 0) is 73.0 Å². The molecule has 1 fully saturated rings. The Kier molecular flexibility index (Phi) is 5.86. The van der Waals surface area contributed by atoms with Crippen LogP contribution in [-0.4, -0.2) is 37.3 Å². The van der Waals surface area contributed by atoms with Crippen molar-refractivity contribution in [3.05, 3.63) is 64.7 Å². The van der Waals surface area contributed by atoms with Gasteiger partial charge in [0.2, 0.25) is 0 Å². The van der Waals surface area contributed by atoms with E-state index in [-0.39, 0.29) is 0 Å². The highest BCUT2D eigenvalue weighted by atomic mass is 19.4. The largest absolute Gasteiger partial charge is 0.401 e. The van der Waals surface area contributed by atoms with Gasteiger partial charge >= 0.3 is 6.18 Å². The van der Waals surface area contributed by atoms with Crippen LogP contribution in [0.2, 0.25) is 0 Å². The highest BCUT2D eigenvalue weighted by molar-refractivity contribution is 5.58. The first-order valence-electron chi connectivity index (χ1n) is 10.7. The van der Waals surface area contributed by atoms with E-state index in [0.717, 1.165) is 38.8 Å². The second kappa shape index (κ2) is 8.39. The van der Waals surface area contributed by atoms with Gasteiger partial charge in [0.15, 0.2) is 0 Å². The SMILES string of the molecule is CCc1cc(CN2CCc3ccccc32)ccc1C1CCN(CC(F)(F)F)CC1. The van der Waals surface area contributed by atoms with Gasteiger partial charge in [-0.2, -0.15) is 13.2 Å². The van der Waals surface area contributed by atoms with Crippen LogP contribution in [0.15, 0.2) is 42.5 Å². The van der Waals surface area contributed by atoms with Crippen LogP contribution in [0, 0.1) is 0 Å². The lowest BCUT2D eigenvalue weighted by Crippen LogP contribution is -2.39. The number of fused-ring (bicyclic) bond motifs is 1. The van der Waals surface area contributed by atoms with E-state index in [2.05, 4.69) is 54.3 Å². The Bertz CT molecular complexity index is 838. The van der Waals surface area contributed by atoms with E-state index in [0.29, 0.717) is 19.0 Å². The van der Waals surface area contributed by atoms with Gasteiger partial charge in [-0.3, -0.25) is 4.90 Å². The van der Waals surface area contributed by atoms with Gasteiger partial charge in [-0.25, -0.2) is 0 Å². The van der Waals surface area contributed by atoms with Crippen molar-refractivity contribution < 1.29 is 13.2 Å². The summed E-state index contributed by atoms with van der Waals surface area (Å²) in [5.41, 5.74) is 6.77. The van der Waals surface area contributed by atoms with Crippen molar-refractivity contribution in [3.8, 4) is 0 Å². The molecular weight excluding hydrogens is 373 g/mol. The summed E-state index contributed by atoms with van der Waals surface area (Å²) in [6.07, 6.45) is -0.422. The molecule has 0 N–H and O–H groups in total. The van der Waals surface area contributed by atoms with Crippen molar-refractivity contribution in [2.45, 2.75) is 51.2 Å². The zero-order chi connectivity index (χ0) is 20.4. The Morgan fingerprint density at radius 2 is 1.76 bits per heavy atom. The van der Waals surface area contributed by atoms with Crippen molar-refractivity contribution in [2.24, 2.45) is 0 Å². The highest BCUT2D eigenvalue weighted by Crippen LogP contribution is 2.34. The Balaban J connectivity index is 1.43. The zero-order valence-corrected chi connectivity index (χ0v) is 17.0. The Labute approximate surface area is 171 Å². The molecule has 2 aliphatic rings. The number of alkyl halides is 3. The number of piperidine rings is 1. The summed E-state index contributed by atoms with van der Waals surface area (Å²) in [7, 11) is 0. The molecule has 2 nitrogen and oxygen atoms in total. The molecule has 0 unspecified atom stereocenters. The molecule has 5 heteroatoms. The van der Waals surface area contributed by atoms with Gasteiger partial charge in [-0.15, -0.1) is 0 Å². The molecule has 0 saturated carbocycles. The van der Waals surface area contributed by atoms with Gasteiger partial charge in [0, 0.05) is 18.8 Å². The maximum absolute atomic E-state index is 12.6. The zero-order valence-electron chi connectivity index (χ0n) is 17.0. The van der Waals surface area contributed by atoms with Gasteiger partial charge in [0.25, 0.3) is 0 Å². The smallest absolute Gasteiger partial charge is 0.367 e. The van der Waals surface area contributed by atoms with E-state index in [1.165, 1.54) is 27.9 Å². The lowest BCUT2D eigenvalue weighted by molar-refractivity contribution is -0.147. The molecule has 29 heavy (non-hydrogen) atoms. The van der Waals surface area contributed by atoms with E-state index < -0.39 is 12.7 Å². The lowest BCUT2D eigenvalue weighted by Gasteiger charge is -2.33. The average Bonchev–Trinajstić information content (AvgIpc) is 3.10. The van der Waals surface area contributed by atoms with Gasteiger partial charge in [-0.1, -0.05) is 43.3 Å². The first kappa shape index (κ1) is 20.3. The van der Waals surface area contributed by atoms with Crippen molar-refractivity contribution in [2.75, 3.05) is 31.1 Å². The van der Waals surface area contributed by atoms with Crippen LogP contribution in [0.5, 0.6) is 0 Å². The predicted molar refractivity (Wildman–Crippen MR) is 111 cm³/mol. The maximum atomic E-state index is 12.6. The Morgan fingerprint density at radius 3 is 2.48 bits per heavy atom. The molecule has 4 rings (SSSR count). The molecule has 0 radical (unpaired) electrons. The molecule has 2 aromatic carbocycles. The fourth-order valence-corrected chi connectivity index (χ4v) is 4.91. The summed E-state index contributed by atoms with van der Waals surface area (Å²) in [4.78, 5) is 3.99. The fraction of sp³-hybridized carbons (Fsp3) is 0.500. The van der Waals surface area contributed by atoms with Crippen molar-refractivity contribution >= 4 is 5.69 Å². The van der Waals surface area contributed by atoms with Crippen molar-refractivity contribution in [1.82, 2.24) is 4.90 Å². The van der Waals surface area contributed by atoms with Gasteiger partial charge < -0.3 is 4.90 Å². The molecule has 0 bridgehead atoms. The number of rotatable bonds is 5. The van der Waals surface area contributed by atoms with E-state index in [1.807, 2.05) is 0 Å². The summed E-state index contributed by atoms with van der Waals surface area (Å²) >= 11 is 0. The predicted octanol–water partition coefficient (Wildman–Crippen LogP) is 5.55. The van der Waals surface area contributed by atoms with E-state index >= 15 is 0 Å². The quantitative estimate of drug-likeness (QED) is 0.647. The maximum Gasteiger partial charge on any atom is 0.401 e. The third-order valence-corrected chi connectivity index (χ3v) is 6.38. The number of likely N-dealkylation sites (tertiary alicyclic amines) is 1. The number of halogens is 3. The molecule has 0 atom stereocenters. The monoisotopic (exact) mass is 402 g/mol. The van der Waals surface area contributed by atoms with Crippen LogP contribution in [0.3, 0.4) is 0 Å². The third-order valence-electron chi connectivity index (χ3n) is 6.38. The van der Waals surface area contributed by atoms with E-state index in [9.17, 15) is 13.2 Å². The number of anilines is 1. The lowest BCUT2D eigenvalue weighted by atomic mass is 9.85. The molecule has 2 heterocycles. The van der Waals surface area contributed by atoms with Gasteiger partial charge in [0.05, 0.1) is 6.54 Å². The molecule has 2 aliphatic heterocycles. The molecule has 0 spiro atoms. The topological polar surface area (TPSA) is 6.48 Å². The normalized spacial score (nSPS) is 18.3. The first-order chi connectivity index (χ1) is 13.9. The van der Waals surface area contributed by atoms with E-state index in [1.54, 1.807) is 4.90 Å². The summed E-state index contributed by atoms with van der Waals surface area (Å²) in [6.45, 7) is 4.41. The summed E-state index contributed by atoms with van der Waals surface area (Å²) in [5.74, 6) is 0.371. The minimum atomic E-state index is -4.10. The highest BCUT2D eigenvalue weighted by Gasteiger charge is 2.33. The van der Waals surface area contributed by atoms with Crippen LogP contribution >= 0.6 is 0 Å². The number of hydrogen-bond acceptors (Lipinski definition) is 2. The van der Waals surface area contributed by atoms with Crippen LogP contribution in [0.1, 0.15) is 47.9 Å². The van der Waals surface area contributed by atoms with Crippen LogP contribution in [-0.2, 0) is 19.4 Å². The number of hydrogen-bond donors (Lipinski definition) is 0. The molecule has 2 aromatic rings. The van der Waals surface area contributed by atoms with E-state index in [4.69, 9.17) is 0 Å². The van der Waals surface area contributed by atoms with Gasteiger partial charge in [0.1, 0.15) is 0 Å². The summed E-state index contributed by atoms with van der Waals surface area (Å²) in [5, 5.41) is 0. The molecule has 0 aromatic heterocycles. The van der Waals surface area contributed by atoms with Crippen LogP contribution in [0.25, 0.3) is 0 Å². The van der Waals surface area contributed by atoms with Crippen molar-refractivity contribution in [3.63, 3.8) is 0 Å². The number of nitrogens with zero attached hydrogens (tertiary/aromatic N) is 2. The molecular formula is C24H29F3N2. The molecule has 0 amide bonds. The minimum absolute atomic E-state index is 0.371. The van der Waals surface area contributed by atoms with Crippen LogP contribution < -0.4 is 4.90 Å². The Morgan fingerprint density at radius 1 is 1.00 bits per heavy atom. The van der Waals surface area contributed by atoms with Crippen LogP contribution in [0.4, 0.5) is 18.9 Å². The summed E-state index contributed by atoms with van der Waals surface area (Å²) in [6, 6.07) is 15.4. The second-order valence-electron chi connectivity index (χ2n) is 8.35. The third kappa shape index (κ3) is 4.77. The summed E-state index contributed by atoms with van der Waals surface area (Å²) < 4.78 is 37.9.